The molecule has 1 aromatic rings. The Bertz CT molecular complexity index is 603. The van der Waals surface area contributed by atoms with Crippen molar-refractivity contribution in [1.82, 2.24) is 4.72 Å². The molecule has 112 valence electrons. The average molecular weight is 340 g/mol. The van der Waals surface area contributed by atoms with Gasteiger partial charge in [-0.05, 0) is 17.5 Å². The molecule has 8 heteroatoms. The Labute approximate surface area is 127 Å². The van der Waals surface area contributed by atoms with Crippen LogP contribution >= 0.6 is 23.2 Å². The van der Waals surface area contributed by atoms with Gasteiger partial charge in [0.25, 0.3) is 0 Å². The van der Waals surface area contributed by atoms with Crippen LogP contribution in [0, 0.1) is 5.41 Å². The summed E-state index contributed by atoms with van der Waals surface area (Å²) in [5.41, 5.74) is -0.813. The number of benzene rings is 1. The molecule has 20 heavy (non-hydrogen) atoms. The highest BCUT2D eigenvalue weighted by Gasteiger charge is 2.36. The van der Waals surface area contributed by atoms with Crippen molar-refractivity contribution >= 4 is 39.2 Å². The van der Waals surface area contributed by atoms with Gasteiger partial charge in [0.15, 0.2) is 0 Å². The van der Waals surface area contributed by atoms with Gasteiger partial charge in [-0.15, -0.1) is 0 Å². The van der Waals surface area contributed by atoms with Crippen LogP contribution < -0.4 is 4.72 Å². The van der Waals surface area contributed by atoms with E-state index in [4.69, 9.17) is 28.3 Å². The molecule has 1 atom stereocenters. The van der Waals surface area contributed by atoms with Crippen LogP contribution in [0.15, 0.2) is 23.1 Å². The second kappa shape index (κ2) is 5.89. The number of nitrogens with one attached hydrogen (secondary N) is 1. The van der Waals surface area contributed by atoms with Crippen LogP contribution in [0.3, 0.4) is 0 Å². The van der Waals surface area contributed by atoms with E-state index < -0.39 is 27.4 Å². The third kappa shape index (κ3) is 3.85. The lowest BCUT2D eigenvalue weighted by Crippen LogP contribution is -2.49. The van der Waals surface area contributed by atoms with Crippen molar-refractivity contribution in [2.24, 2.45) is 5.41 Å². The van der Waals surface area contributed by atoms with Gasteiger partial charge in [-0.2, -0.15) is 4.72 Å². The fourth-order valence-corrected chi connectivity index (χ4v) is 4.09. The van der Waals surface area contributed by atoms with E-state index in [-0.39, 0.29) is 14.9 Å². The summed E-state index contributed by atoms with van der Waals surface area (Å²) in [6, 6.07) is 2.94. The summed E-state index contributed by atoms with van der Waals surface area (Å²) in [5, 5.41) is 9.03. The fourth-order valence-electron chi connectivity index (χ4n) is 1.55. The number of carboxylic acids is 1. The van der Waals surface area contributed by atoms with Gasteiger partial charge < -0.3 is 5.11 Å². The maximum absolute atomic E-state index is 12.3. The molecule has 0 bridgehead atoms. The van der Waals surface area contributed by atoms with Crippen LogP contribution in [0.1, 0.15) is 20.8 Å². The molecule has 0 aromatic heterocycles. The summed E-state index contributed by atoms with van der Waals surface area (Å²) < 4.78 is 26.7. The van der Waals surface area contributed by atoms with Crippen LogP contribution in [0.4, 0.5) is 0 Å². The van der Waals surface area contributed by atoms with Gasteiger partial charge in [0, 0.05) is 0 Å². The molecule has 1 aromatic carbocycles. The predicted molar refractivity (Wildman–Crippen MR) is 77.7 cm³/mol. The Morgan fingerprint density at radius 1 is 1.25 bits per heavy atom. The number of hydrogen-bond acceptors (Lipinski definition) is 3. The second-order valence-corrected chi connectivity index (χ2v) is 7.77. The molecular formula is C12H15Cl2NO4S. The van der Waals surface area contributed by atoms with E-state index in [1.165, 1.54) is 18.2 Å². The molecule has 0 radical (unpaired) electrons. The molecule has 0 aliphatic heterocycles. The van der Waals surface area contributed by atoms with E-state index in [2.05, 4.69) is 4.72 Å². The first kappa shape index (κ1) is 17.2. The quantitative estimate of drug-likeness (QED) is 0.883. The molecule has 2 N–H and O–H groups in total. The lowest BCUT2D eigenvalue weighted by atomic mass is 9.88. The van der Waals surface area contributed by atoms with E-state index in [1.54, 1.807) is 20.8 Å². The summed E-state index contributed by atoms with van der Waals surface area (Å²) >= 11 is 11.7. The van der Waals surface area contributed by atoms with E-state index in [1.807, 2.05) is 0 Å². The van der Waals surface area contributed by atoms with E-state index in [0.29, 0.717) is 0 Å². The van der Waals surface area contributed by atoms with Gasteiger partial charge in [-0.25, -0.2) is 8.42 Å². The standard InChI is InChI=1S/C12H15Cl2NO4S/c1-12(2,3)10(11(16)17)15-20(18,19)9-7(13)5-4-6-8(9)14/h4-6,10,15H,1-3H3,(H,16,17). The Morgan fingerprint density at radius 2 is 1.70 bits per heavy atom. The summed E-state index contributed by atoms with van der Waals surface area (Å²) in [5.74, 6) is -1.27. The predicted octanol–water partition coefficient (Wildman–Crippen LogP) is 2.77. The van der Waals surface area contributed by atoms with Crippen molar-refractivity contribution in [2.45, 2.75) is 31.7 Å². The molecule has 1 rings (SSSR count). The lowest BCUT2D eigenvalue weighted by Gasteiger charge is -2.27. The van der Waals surface area contributed by atoms with Gasteiger partial charge >= 0.3 is 5.97 Å². The summed E-state index contributed by atoms with van der Waals surface area (Å²) in [4.78, 5) is 10.9. The Hall–Kier alpha value is -0.820. The third-order valence-electron chi connectivity index (χ3n) is 2.57. The van der Waals surface area contributed by atoms with E-state index >= 15 is 0 Å². The molecule has 0 saturated carbocycles. The molecule has 0 aliphatic carbocycles. The minimum Gasteiger partial charge on any atom is -0.480 e. The zero-order valence-electron chi connectivity index (χ0n) is 11.1. The number of aliphatic carboxylic acids is 1. The highest BCUT2D eigenvalue weighted by Crippen LogP contribution is 2.30. The molecule has 0 heterocycles. The zero-order chi connectivity index (χ0) is 15.7. The minimum atomic E-state index is -4.14. The molecule has 0 amide bonds. The highest BCUT2D eigenvalue weighted by atomic mass is 35.5. The number of carboxylic acid groups (broad SMARTS) is 1. The normalized spacial score (nSPS) is 14.1. The van der Waals surface area contributed by atoms with Crippen LogP contribution in [-0.2, 0) is 14.8 Å². The number of sulfonamides is 1. The smallest absolute Gasteiger partial charge is 0.322 e. The van der Waals surface area contributed by atoms with Crippen LogP contribution in [-0.4, -0.2) is 25.5 Å². The third-order valence-corrected chi connectivity index (χ3v) is 4.95. The topological polar surface area (TPSA) is 83.5 Å². The van der Waals surface area contributed by atoms with Crippen molar-refractivity contribution in [2.75, 3.05) is 0 Å². The van der Waals surface area contributed by atoms with Crippen LogP contribution in [0.5, 0.6) is 0 Å². The monoisotopic (exact) mass is 339 g/mol. The molecule has 0 spiro atoms. The molecule has 0 saturated heterocycles. The van der Waals surface area contributed by atoms with Crippen LogP contribution in [0.25, 0.3) is 0 Å². The molecule has 1 unspecified atom stereocenters. The zero-order valence-corrected chi connectivity index (χ0v) is 13.5. The molecule has 0 fully saturated rings. The van der Waals surface area contributed by atoms with Gasteiger partial charge in [-0.3, -0.25) is 4.79 Å². The lowest BCUT2D eigenvalue weighted by molar-refractivity contribution is -0.141. The second-order valence-electron chi connectivity index (χ2n) is 5.31. The van der Waals surface area contributed by atoms with Crippen LogP contribution in [0.2, 0.25) is 10.0 Å². The van der Waals surface area contributed by atoms with Crippen molar-refractivity contribution in [3.63, 3.8) is 0 Å². The maximum atomic E-state index is 12.3. The number of rotatable bonds is 4. The minimum absolute atomic E-state index is 0.0666. The van der Waals surface area contributed by atoms with Crippen molar-refractivity contribution in [3.8, 4) is 0 Å². The highest BCUT2D eigenvalue weighted by molar-refractivity contribution is 7.89. The first-order chi connectivity index (χ1) is 8.97. The fraction of sp³-hybridized carbons (Fsp3) is 0.417. The molecule has 0 aliphatic rings. The van der Waals surface area contributed by atoms with Gasteiger partial charge in [0.2, 0.25) is 10.0 Å². The Morgan fingerprint density at radius 3 is 2.05 bits per heavy atom. The van der Waals surface area contributed by atoms with E-state index in [9.17, 15) is 13.2 Å². The molecule has 5 nitrogen and oxygen atoms in total. The molecular weight excluding hydrogens is 325 g/mol. The van der Waals surface area contributed by atoms with Gasteiger partial charge in [0.1, 0.15) is 10.9 Å². The SMILES string of the molecule is CC(C)(C)C(NS(=O)(=O)c1c(Cl)cccc1Cl)C(=O)O. The van der Waals surface area contributed by atoms with Gasteiger partial charge in [-0.1, -0.05) is 50.0 Å². The van der Waals surface area contributed by atoms with E-state index in [0.717, 1.165) is 0 Å². The number of halogens is 2. The van der Waals surface area contributed by atoms with Gasteiger partial charge in [0.05, 0.1) is 10.0 Å². The van der Waals surface area contributed by atoms with Crippen molar-refractivity contribution in [3.05, 3.63) is 28.2 Å². The van der Waals surface area contributed by atoms with Crippen molar-refractivity contribution in [1.29, 1.82) is 0 Å². The van der Waals surface area contributed by atoms with Crippen molar-refractivity contribution < 1.29 is 18.3 Å². The summed E-state index contributed by atoms with van der Waals surface area (Å²) in [6.45, 7) is 4.84. The average Bonchev–Trinajstić information content (AvgIpc) is 2.23. The number of hydrogen-bond donors (Lipinski definition) is 2. The first-order valence-corrected chi connectivity index (χ1v) is 7.90. The Balaban J connectivity index is 3.28. The maximum Gasteiger partial charge on any atom is 0.322 e. The largest absolute Gasteiger partial charge is 0.480 e. The summed E-state index contributed by atoms with van der Waals surface area (Å²) in [7, 11) is -4.14. The summed E-state index contributed by atoms with van der Waals surface area (Å²) in [6.07, 6.45) is 0. The Kier molecular flexibility index (Phi) is 5.08. The first-order valence-electron chi connectivity index (χ1n) is 5.66. The number of carbonyl (C=O) groups is 1.